The van der Waals surface area contributed by atoms with E-state index in [-0.39, 0.29) is 27.4 Å². The van der Waals surface area contributed by atoms with Gasteiger partial charge in [0, 0.05) is 23.1 Å². The van der Waals surface area contributed by atoms with Crippen LogP contribution in [0.1, 0.15) is 5.56 Å². The fraction of sp³-hybridized carbons (Fsp3) is 0. The number of thioether (sulfide) groups is 1. The number of hydrogen-bond donors (Lipinski definition) is 0. The largest absolute Gasteiger partial charge is 0.273 e. The molecular weight excluding hydrogens is 426 g/mol. The van der Waals surface area contributed by atoms with Gasteiger partial charge in [0.05, 0.1) is 21.1 Å². The zero-order valence-corrected chi connectivity index (χ0v) is 16.4. The molecule has 0 bridgehead atoms. The van der Waals surface area contributed by atoms with E-state index in [0.717, 1.165) is 23.9 Å². The summed E-state index contributed by atoms with van der Waals surface area (Å²) in [6.07, 6.45) is 0. The molecule has 0 atom stereocenters. The Morgan fingerprint density at radius 3 is 2.16 bits per heavy atom. The van der Waals surface area contributed by atoms with E-state index in [9.17, 15) is 28.5 Å². The smallest absolute Gasteiger partial charge is 0.268 e. The predicted molar refractivity (Wildman–Crippen MR) is 111 cm³/mol. The minimum atomic E-state index is -1.06. The Morgan fingerprint density at radius 1 is 0.871 bits per heavy atom. The highest BCUT2D eigenvalue weighted by atomic mass is 32.2. The van der Waals surface area contributed by atoms with E-state index in [1.807, 2.05) is 0 Å². The Morgan fingerprint density at radius 2 is 1.55 bits per heavy atom. The molecule has 31 heavy (non-hydrogen) atoms. The van der Waals surface area contributed by atoms with Crippen LogP contribution in [0.2, 0.25) is 0 Å². The molecule has 0 fully saturated rings. The fourth-order valence-electron chi connectivity index (χ4n) is 3.10. The van der Waals surface area contributed by atoms with Crippen molar-refractivity contribution < 1.29 is 23.3 Å². The van der Waals surface area contributed by atoms with Gasteiger partial charge in [0.1, 0.15) is 11.6 Å². The molecule has 3 aromatic rings. The van der Waals surface area contributed by atoms with E-state index in [1.54, 1.807) is 30.3 Å². The van der Waals surface area contributed by atoms with Gasteiger partial charge in [-0.3, -0.25) is 19.7 Å². The number of carbonyl (C=O) groups excluding carboxylic acids is 2. The predicted octanol–water partition coefficient (Wildman–Crippen LogP) is 4.95. The Bertz CT molecular complexity index is 1240. The molecule has 0 spiro atoms. The first-order chi connectivity index (χ1) is 14.9. The topological polar surface area (TPSA) is 80.5 Å². The average Bonchev–Trinajstić information content (AvgIpc) is 2.99. The highest BCUT2D eigenvalue weighted by Crippen LogP contribution is 2.42. The van der Waals surface area contributed by atoms with Crippen LogP contribution in [-0.4, -0.2) is 16.7 Å². The van der Waals surface area contributed by atoms with Crippen molar-refractivity contribution in [1.82, 2.24) is 0 Å². The number of benzene rings is 3. The number of non-ortho nitro benzene ring substituents is 1. The van der Waals surface area contributed by atoms with Crippen molar-refractivity contribution in [1.29, 1.82) is 0 Å². The van der Waals surface area contributed by atoms with Crippen LogP contribution in [0.15, 0.2) is 82.6 Å². The third-order valence-corrected chi connectivity index (χ3v) is 5.61. The third-order valence-electron chi connectivity index (χ3n) is 4.52. The maximum absolute atomic E-state index is 14.4. The molecule has 0 unspecified atom stereocenters. The molecule has 1 aliphatic heterocycles. The molecule has 0 aromatic heterocycles. The van der Waals surface area contributed by atoms with Crippen LogP contribution in [-0.2, 0) is 9.59 Å². The summed E-state index contributed by atoms with van der Waals surface area (Å²) < 4.78 is 27.7. The van der Waals surface area contributed by atoms with Gasteiger partial charge in [-0.1, -0.05) is 30.0 Å². The van der Waals surface area contributed by atoms with Gasteiger partial charge in [-0.25, -0.2) is 13.7 Å². The summed E-state index contributed by atoms with van der Waals surface area (Å²) in [6, 6.07) is 16.5. The molecule has 4 rings (SSSR count). The summed E-state index contributed by atoms with van der Waals surface area (Å²) in [5.74, 6) is -3.47. The number of amides is 2. The van der Waals surface area contributed by atoms with E-state index in [0.29, 0.717) is 15.9 Å². The van der Waals surface area contributed by atoms with Crippen LogP contribution in [0.25, 0.3) is 5.57 Å². The lowest BCUT2D eigenvalue weighted by molar-refractivity contribution is -0.384. The highest BCUT2D eigenvalue weighted by Gasteiger charge is 2.41. The Hall–Kier alpha value is -3.85. The maximum Gasteiger partial charge on any atom is 0.273 e. The molecule has 9 heteroatoms. The molecule has 2 amide bonds. The molecule has 154 valence electrons. The number of imide groups is 1. The van der Waals surface area contributed by atoms with E-state index in [1.165, 1.54) is 24.3 Å². The lowest BCUT2D eigenvalue weighted by Crippen LogP contribution is -2.32. The van der Waals surface area contributed by atoms with Crippen LogP contribution in [0.3, 0.4) is 0 Å². The van der Waals surface area contributed by atoms with Crippen LogP contribution in [0.5, 0.6) is 0 Å². The Labute approximate surface area is 178 Å². The van der Waals surface area contributed by atoms with Crippen molar-refractivity contribution in [2.75, 3.05) is 4.90 Å². The zero-order chi connectivity index (χ0) is 22.1. The monoisotopic (exact) mass is 438 g/mol. The van der Waals surface area contributed by atoms with Crippen molar-refractivity contribution in [3.05, 3.63) is 105 Å². The minimum Gasteiger partial charge on any atom is -0.268 e. The van der Waals surface area contributed by atoms with Crippen molar-refractivity contribution >= 4 is 40.5 Å². The quantitative estimate of drug-likeness (QED) is 0.320. The summed E-state index contributed by atoms with van der Waals surface area (Å²) in [5.41, 5.74) is -0.302. The number of halogens is 2. The van der Waals surface area contributed by atoms with E-state index >= 15 is 0 Å². The van der Waals surface area contributed by atoms with Gasteiger partial charge in [0.15, 0.2) is 0 Å². The second-order valence-electron chi connectivity index (χ2n) is 6.46. The molecule has 1 aliphatic rings. The zero-order valence-electron chi connectivity index (χ0n) is 15.6. The molecule has 0 radical (unpaired) electrons. The molecule has 0 saturated carbocycles. The van der Waals surface area contributed by atoms with Gasteiger partial charge in [-0.05, 0) is 42.0 Å². The molecular formula is C22H12F2N2O4S. The van der Waals surface area contributed by atoms with Gasteiger partial charge in [0.2, 0.25) is 0 Å². The second kappa shape index (κ2) is 8.11. The lowest BCUT2D eigenvalue weighted by atomic mass is 10.1. The minimum absolute atomic E-state index is 0.0162. The lowest BCUT2D eigenvalue weighted by Gasteiger charge is -2.16. The third kappa shape index (κ3) is 3.82. The van der Waals surface area contributed by atoms with Gasteiger partial charge >= 0.3 is 0 Å². The number of rotatable bonds is 5. The summed E-state index contributed by atoms with van der Waals surface area (Å²) in [4.78, 5) is 38.1. The van der Waals surface area contributed by atoms with Gasteiger partial charge in [-0.2, -0.15) is 0 Å². The molecule has 6 nitrogen and oxygen atoms in total. The van der Waals surface area contributed by atoms with Gasteiger partial charge in [0.25, 0.3) is 17.5 Å². The number of nitro groups is 1. The van der Waals surface area contributed by atoms with E-state index in [4.69, 9.17) is 0 Å². The van der Waals surface area contributed by atoms with Crippen molar-refractivity contribution in [3.63, 3.8) is 0 Å². The first-order valence-electron chi connectivity index (χ1n) is 8.92. The SMILES string of the molecule is O=C1C(Sc2ccccc2)=C(c2ccc([N+](=O)[O-])cc2)C(=O)N1c1ccc(F)cc1F. The standard InChI is InChI=1S/C22H12F2N2O4S/c23-14-8-11-18(17(24)12-14)25-21(27)19(13-6-9-15(10-7-13)26(29)30)20(22(25)28)31-16-4-2-1-3-5-16/h1-12H. The number of carbonyl (C=O) groups is 2. The normalized spacial score (nSPS) is 13.8. The molecule has 1 heterocycles. The number of nitro benzene ring substituents is 1. The maximum atomic E-state index is 14.4. The van der Waals surface area contributed by atoms with Crippen LogP contribution < -0.4 is 4.90 Å². The molecule has 3 aromatic carbocycles. The van der Waals surface area contributed by atoms with Crippen molar-refractivity contribution in [3.8, 4) is 0 Å². The van der Waals surface area contributed by atoms with Crippen LogP contribution in [0.4, 0.5) is 20.2 Å². The van der Waals surface area contributed by atoms with Gasteiger partial charge in [-0.15, -0.1) is 0 Å². The fourth-order valence-corrected chi connectivity index (χ4v) is 4.11. The summed E-state index contributed by atoms with van der Waals surface area (Å²) in [7, 11) is 0. The number of nitrogens with zero attached hydrogens (tertiary/aromatic N) is 2. The first kappa shape index (κ1) is 20.4. The average molecular weight is 438 g/mol. The van der Waals surface area contributed by atoms with Crippen molar-refractivity contribution in [2.45, 2.75) is 4.90 Å². The number of hydrogen-bond acceptors (Lipinski definition) is 5. The molecule has 0 saturated heterocycles. The van der Waals surface area contributed by atoms with Crippen molar-refractivity contribution in [2.24, 2.45) is 0 Å². The highest BCUT2D eigenvalue weighted by molar-refractivity contribution is 8.04. The van der Waals surface area contributed by atoms with Crippen LogP contribution >= 0.6 is 11.8 Å². The van der Waals surface area contributed by atoms with E-state index < -0.39 is 28.4 Å². The Balaban J connectivity index is 1.83. The summed E-state index contributed by atoms with van der Waals surface area (Å²) in [6.45, 7) is 0. The summed E-state index contributed by atoms with van der Waals surface area (Å²) in [5, 5.41) is 10.9. The van der Waals surface area contributed by atoms with E-state index in [2.05, 4.69) is 0 Å². The summed E-state index contributed by atoms with van der Waals surface area (Å²) >= 11 is 1.02. The van der Waals surface area contributed by atoms with Crippen LogP contribution in [0, 0.1) is 21.7 Å². The number of anilines is 1. The molecule has 0 aliphatic carbocycles. The first-order valence-corrected chi connectivity index (χ1v) is 9.74. The van der Waals surface area contributed by atoms with Gasteiger partial charge < -0.3 is 0 Å². The Kier molecular flexibility index (Phi) is 5.35. The molecule has 0 N–H and O–H groups in total. The second-order valence-corrected chi connectivity index (χ2v) is 7.55.